The second-order valence-electron chi connectivity index (χ2n) is 8.55. The highest BCUT2D eigenvalue weighted by atomic mass is 32.2. The number of benzene rings is 1. The molecule has 5 nitrogen and oxygen atoms in total. The fourth-order valence-corrected chi connectivity index (χ4v) is 5.70. The molecule has 1 N–H and O–H groups in total. The van der Waals surface area contributed by atoms with Crippen LogP contribution < -0.4 is 0 Å². The van der Waals surface area contributed by atoms with Crippen LogP contribution >= 0.6 is 11.8 Å². The van der Waals surface area contributed by atoms with Gasteiger partial charge in [-0.15, -0.1) is 11.8 Å². The van der Waals surface area contributed by atoms with E-state index in [1.165, 1.54) is 12.0 Å². The first-order valence-corrected chi connectivity index (χ1v) is 12.5. The Balaban J connectivity index is 1.40. The van der Waals surface area contributed by atoms with Crippen LogP contribution in [0.15, 0.2) is 24.3 Å². The molecule has 1 saturated heterocycles. The SMILES string of the molecule is CCOC(=O)c1ccc(CCCCC2SCC(=O)N2CCC2(O)CCCCC2)cc1. The first-order valence-electron chi connectivity index (χ1n) is 11.4. The standard InChI is InChI=1S/C24H35NO4S/c1-2-29-23(27)20-12-10-19(11-13-20)8-4-5-9-22-25(21(26)18-30-22)17-16-24(28)14-6-3-7-15-24/h10-13,22,28H,2-9,14-18H2,1H3. The van der Waals surface area contributed by atoms with Crippen molar-refractivity contribution in [2.24, 2.45) is 0 Å². The lowest BCUT2D eigenvalue weighted by Gasteiger charge is -2.34. The lowest BCUT2D eigenvalue weighted by molar-refractivity contribution is -0.129. The molecule has 1 unspecified atom stereocenters. The van der Waals surface area contributed by atoms with Crippen LogP contribution in [0, 0.1) is 0 Å². The van der Waals surface area contributed by atoms with Gasteiger partial charge in [-0.1, -0.05) is 37.8 Å². The van der Waals surface area contributed by atoms with E-state index in [0.717, 1.165) is 51.4 Å². The zero-order chi connectivity index (χ0) is 21.4. The van der Waals surface area contributed by atoms with E-state index in [2.05, 4.69) is 0 Å². The number of carbonyl (C=O) groups excluding carboxylic acids is 2. The van der Waals surface area contributed by atoms with Gasteiger partial charge in [-0.25, -0.2) is 4.79 Å². The van der Waals surface area contributed by atoms with Crippen molar-refractivity contribution in [2.75, 3.05) is 18.9 Å². The summed E-state index contributed by atoms with van der Waals surface area (Å²) < 4.78 is 5.02. The van der Waals surface area contributed by atoms with Gasteiger partial charge in [0.1, 0.15) is 0 Å². The number of aryl methyl sites for hydroxylation is 1. The highest BCUT2D eigenvalue weighted by molar-refractivity contribution is 8.00. The van der Waals surface area contributed by atoms with Gasteiger partial charge >= 0.3 is 5.97 Å². The molecule has 0 spiro atoms. The van der Waals surface area contributed by atoms with E-state index in [1.54, 1.807) is 18.7 Å². The lowest BCUT2D eigenvalue weighted by Crippen LogP contribution is -2.40. The summed E-state index contributed by atoms with van der Waals surface area (Å²) >= 11 is 1.74. The Morgan fingerprint density at radius 3 is 2.63 bits per heavy atom. The van der Waals surface area contributed by atoms with Crippen LogP contribution in [0.1, 0.15) is 80.6 Å². The Bertz CT molecular complexity index is 700. The van der Waals surface area contributed by atoms with E-state index in [4.69, 9.17) is 4.74 Å². The first-order chi connectivity index (χ1) is 14.5. The van der Waals surface area contributed by atoms with Crippen LogP contribution in [0.5, 0.6) is 0 Å². The molecule has 6 heteroatoms. The molecule has 1 aromatic rings. The van der Waals surface area contributed by atoms with Crippen molar-refractivity contribution < 1.29 is 19.4 Å². The van der Waals surface area contributed by atoms with Gasteiger partial charge in [0, 0.05) is 6.54 Å². The molecular weight excluding hydrogens is 398 g/mol. The third kappa shape index (κ3) is 6.48. The Kier molecular flexibility index (Phi) is 8.63. The van der Waals surface area contributed by atoms with Gasteiger partial charge in [-0.2, -0.15) is 0 Å². The fraction of sp³-hybridized carbons (Fsp3) is 0.667. The number of thioether (sulfide) groups is 1. The maximum absolute atomic E-state index is 12.3. The number of hydrogen-bond donors (Lipinski definition) is 1. The van der Waals surface area contributed by atoms with E-state index < -0.39 is 5.60 Å². The summed E-state index contributed by atoms with van der Waals surface area (Å²) in [4.78, 5) is 26.1. The number of hydrogen-bond acceptors (Lipinski definition) is 5. The molecule has 0 aromatic heterocycles. The fourth-order valence-electron chi connectivity index (χ4n) is 4.47. The van der Waals surface area contributed by atoms with E-state index in [1.807, 2.05) is 29.2 Å². The molecular formula is C24H35NO4S. The van der Waals surface area contributed by atoms with E-state index in [-0.39, 0.29) is 17.3 Å². The summed E-state index contributed by atoms with van der Waals surface area (Å²) in [6.45, 7) is 2.88. The average Bonchev–Trinajstić information content (AvgIpc) is 3.10. The van der Waals surface area contributed by atoms with Gasteiger partial charge in [0.05, 0.1) is 28.9 Å². The number of amides is 1. The Hall–Kier alpha value is -1.53. The first kappa shape index (κ1) is 23.1. The van der Waals surface area contributed by atoms with Gasteiger partial charge in [0.2, 0.25) is 5.91 Å². The maximum Gasteiger partial charge on any atom is 0.338 e. The molecule has 166 valence electrons. The van der Waals surface area contributed by atoms with Crippen molar-refractivity contribution in [2.45, 2.75) is 82.1 Å². The number of esters is 1. The van der Waals surface area contributed by atoms with Crippen LogP contribution in [0.25, 0.3) is 0 Å². The summed E-state index contributed by atoms with van der Waals surface area (Å²) in [5, 5.41) is 11.0. The minimum absolute atomic E-state index is 0.221. The molecule has 1 aliphatic heterocycles. The second kappa shape index (κ2) is 11.2. The third-order valence-electron chi connectivity index (χ3n) is 6.30. The predicted molar refractivity (Wildman–Crippen MR) is 121 cm³/mol. The predicted octanol–water partition coefficient (Wildman–Crippen LogP) is 4.56. The molecule has 1 aliphatic carbocycles. The third-order valence-corrected chi connectivity index (χ3v) is 7.59. The molecule has 2 fully saturated rings. The zero-order valence-electron chi connectivity index (χ0n) is 18.1. The molecule has 1 aromatic carbocycles. The largest absolute Gasteiger partial charge is 0.462 e. The molecule has 3 rings (SSSR count). The van der Waals surface area contributed by atoms with Crippen molar-refractivity contribution in [3.05, 3.63) is 35.4 Å². The lowest BCUT2D eigenvalue weighted by atomic mass is 9.82. The minimum Gasteiger partial charge on any atom is -0.462 e. The Morgan fingerprint density at radius 2 is 1.93 bits per heavy atom. The quantitative estimate of drug-likeness (QED) is 0.433. The molecule has 2 aliphatic rings. The zero-order valence-corrected chi connectivity index (χ0v) is 18.9. The monoisotopic (exact) mass is 433 g/mol. The summed E-state index contributed by atoms with van der Waals surface area (Å²) in [6, 6.07) is 7.65. The molecule has 1 atom stereocenters. The van der Waals surface area contributed by atoms with Crippen LogP contribution in [0.2, 0.25) is 0 Å². The minimum atomic E-state index is -0.563. The number of aliphatic hydroxyl groups is 1. The summed E-state index contributed by atoms with van der Waals surface area (Å²) in [5.74, 6) is 0.516. The second-order valence-corrected chi connectivity index (χ2v) is 9.72. The number of ether oxygens (including phenoxy) is 1. The van der Waals surface area contributed by atoms with Gasteiger partial charge in [-0.05, 0) is 63.1 Å². The number of rotatable bonds is 10. The molecule has 1 amide bonds. The maximum atomic E-state index is 12.3. The molecule has 1 saturated carbocycles. The molecule has 30 heavy (non-hydrogen) atoms. The smallest absolute Gasteiger partial charge is 0.338 e. The van der Waals surface area contributed by atoms with Crippen molar-refractivity contribution in [1.29, 1.82) is 0 Å². The molecule has 0 radical (unpaired) electrons. The highest BCUT2D eigenvalue weighted by Gasteiger charge is 2.35. The topological polar surface area (TPSA) is 66.8 Å². The van der Waals surface area contributed by atoms with Crippen molar-refractivity contribution in [3.8, 4) is 0 Å². The summed E-state index contributed by atoms with van der Waals surface area (Å²) in [7, 11) is 0. The van der Waals surface area contributed by atoms with Crippen molar-refractivity contribution in [3.63, 3.8) is 0 Å². The van der Waals surface area contributed by atoms with E-state index >= 15 is 0 Å². The van der Waals surface area contributed by atoms with Crippen LogP contribution in [0.3, 0.4) is 0 Å². The van der Waals surface area contributed by atoms with Gasteiger partial charge in [0.15, 0.2) is 0 Å². The van der Waals surface area contributed by atoms with Crippen LogP contribution in [-0.4, -0.2) is 51.8 Å². The van der Waals surface area contributed by atoms with E-state index in [9.17, 15) is 14.7 Å². The summed E-state index contributed by atoms with van der Waals surface area (Å²) in [5.41, 5.74) is 1.25. The van der Waals surface area contributed by atoms with Crippen LogP contribution in [-0.2, 0) is 16.0 Å². The number of unbranched alkanes of at least 4 members (excludes halogenated alkanes) is 1. The van der Waals surface area contributed by atoms with Crippen molar-refractivity contribution in [1.82, 2.24) is 4.90 Å². The van der Waals surface area contributed by atoms with E-state index in [0.29, 0.717) is 30.9 Å². The van der Waals surface area contributed by atoms with Gasteiger partial charge in [0.25, 0.3) is 0 Å². The Morgan fingerprint density at radius 1 is 1.20 bits per heavy atom. The number of nitrogens with zero attached hydrogens (tertiary/aromatic N) is 1. The number of carbonyl (C=O) groups is 2. The highest BCUT2D eigenvalue weighted by Crippen LogP contribution is 2.34. The van der Waals surface area contributed by atoms with Crippen LogP contribution in [0.4, 0.5) is 0 Å². The molecule has 1 heterocycles. The average molecular weight is 434 g/mol. The van der Waals surface area contributed by atoms with Gasteiger partial charge in [-0.3, -0.25) is 4.79 Å². The molecule has 0 bridgehead atoms. The Labute approximate surface area is 184 Å². The van der Waals surface area contributed by atoms with Gasteiger partial charge < -0.3 is 14.7 Å². The summed E-state index contributed by atoms with van der Waals surface area (Å²) in [6.07, 6.45) is 9.96. The normalized spacial score (nSPS) is 21.1. The van der Waals surface area contributed by atoms with Crippen molar-refractivity contribution >= 4 is 23.6 Å².